The Morgan fingerprint density at radius 1 is 1.42 bits per heavy atom. The molecule has 1 aliphatic rings. The van der Waals surface area contributed by atoms with Crippen molar-refractivity contribution < 1.29 is 9.90 Å². The number of aromatic nitrogens is 2. The summed E-state index contributed by atoms with van der Waals surface area (Å²) in [6, 6.07) is 0. The molecule has 2 rings (SSSR count). The second-order valence-electron chi connectivity index (χ2n) is 5.86. The van der Waals surface area contributed by atoms with E-state index in [4.69, 9.17) is 0 Å². The highest BCUT2D eigenvalue weighted by molar-refractivity contribution is 5.94. The molecule has 0 spiro atoms. The van der Waals surface area contributed by atoms with Gasteiger partial charge in [-0.25, -0.2) is 4.79 Å². The lowest BCUT2D eigenvalue weighted by molar-refractivity contribution is 0.0696. The maximum atomic E-state index is 11.4. The third kappa shape index (κ3) is 2.46. The van der Waals surface area contributed by atoms with Crippen LogP contribution in [0.3, 0.4) is 0 Å². The van der Waals surface area contributed by atoms with Gasteiger partial charge in [0.05, 0.1) is 5.69 Å². The Hall–Kier alpha value is -1.52. The Morgan fingerprint density at radius 3 is 2.47 bits per heavy atom. The van der Waals surface area contributed by atoms with Crippen LogP contribution in [0.5, 0.6) is 0 Å². The number of carboxylic acids is 1. The van der Waals surface area contributed by atoms with E-state index >= 15 is 0 Å². The molecule has 2 heterocycles. The van der Waals surface area contributed by atoms with Crippen LogP contribution in [0.2, 0.25) is 0 Å². The molecule has 1 fully saturated rings. The van der Waals surface area contributed by atoms with Crippen molar-refractivity contribution in [3.8, 4) is 0 Å². The predicted octanol–water partition coefficient (Wildman–Crippen LogP) is 2.44. The summed E-state index contributed by atoms with van der Waals surface area (Å²) in [5, 5.41) is 13.6. The van der Waals surface area contributed by atoms with Gasteiger partial charge in [-0.05, 0) is 25.2 Å². The maximum absolute atomic E-state index is 11.4. The van der Waals surface area contributed by atoms with Gasteiger partial charge >= 0.3 is 5.97 Å². The topological polar surface area (TPSA) is 58.4 Å². The van der Waals surface area contributed by atoms with Gasteiger partial charge in [0.25, 0.3) is 0 Å². The lowest BCUT2D eigenvalue weighted by atomic mass is 9.78. The van der Waals surface area contributed by atoms with Crippen molar-refractivity contribution in [1.29, 1.82) is 0 Å². The van der Waals surface area contributed by atoms with Crippen molar-refractivity contribution in [1.82, 2.24) is 9.78 Å². The number of rotatable bonds is 3. The van der Waals surface area contributed by atoms with E-state index in [1.54, 1.807) is 11.6 Å². The summed E-state index contributed by atoms with van der Waals surface area (Å²) in [4.78, 5) is 13.6. The number of hydrogen-bond donors (Lipinski definition) is 1. The van der Waals surface area contributed by atoms with Gasteiger partial charge < -0.3 is 10.0 Å². The van der Waals surface area contributed by atoms with Gasteiger partial charge in [0.15, 0.2) is 0 Å². The molecule has 106 valence electrons. The molecule has 0 saturated carbocycles. The molecule has 5 nitrogen and oxygen atoms in total. The average Bonchev–Trinajstić information content (AvgIpc) is 2.65. The zero-order chi connectivity index (χ0) is 14.2. The van der Waals surface area contributed by atoms with Crippen LogP contribution in [0.4, 0.5) is 5.82 Å². The van der Waals surface area contributed by atoms with E-state index in [2.05, 4.69) is 23.8 Å². The minimum Gasteiger partial charge on any atom is -0.477 e. The fourth-order valence-corrected chi connectivity index (χ4v) is 2.87. The van der Waals surface area contributed by atoms with Crippen LogP contribution in [-0.2, 0) is 7.05 Å². The van der Waals surface area contributed by atoms with Crippen molar-refractivity contribution >= 4 is 11.8 Å². The average molecular weight is 265 g/mol. The first-order valence-corrected chi connectivity index (χ1v) is 6.90. The zero-order valence-electron chi connectivity index (χ0n) is 12.2. The van der Waals surface area contributed by atoms with Crippen molar-refractivity contribution in [2.24, 2.45) is 12.5 Å². The molecule has 0 aliphatic carbocycles. The summed E-state index contributed by atoms with van der Waals surface area (Å²) in [7, 11) is 1.82. The Morgan fingerprint density at radius 2 is 2.00 bits per heavy atom. The summed E-state index contributed by atoms with van der Waals surface area (Å²) in [6.07, 6.45) is 3.39. The molecule has 1 N–H and O–H groups in total. The smallest absolute Gasteiger partial charge is 0.341 e. The van der Waals surface area contributed by atoms with Gasteiger partial charge in [-0.1, -0.05) is 20.3 Å². The van der Waals surface area contributed by atoms with Gasteiger partial charge in [-0.3, -0.25) is 4.68 Å². The monoisotopic (exact) mass is 265 g/mol. The standard InChI is InChI=1S/C14H23N3O2/c1-5-14(3)6-8-17(9-7-14)12-11(13(18)19)10(2)15-16(12)4/h5-9H2,1-4H3,(H,18,19). The number of carbonyl (C=O) groups is 1. The SMILES string of the molecule is CCC1(C)CCN(c2c(C(=O)O)c(C)nn2C)CC1. The van der Waals surface area contributed by atoms with Crippen molar-refractivity contribution in [2.45, 2.75) is 40.0 Å². The largest absolute Gasteiger partial charge is 0.477 e. The lowest BCUT2D eigenvalue weighted by Crippen LogP contribution is -2.40. The van der Waals surface area contributed by atoms with Crippen LogP contribution < -0.4 is 4.90 Å². The number of piperidine rings is 1. The summed E-state index contributed by atoms with van der Waals surface area (Å²) in [5.74, 6) is -0.132. The van der Waals surface area contributed by atoms with E-state index in [-0.39, 0.29) is 0 Å². The molecule has 0 amide bonds. The summed E-state index contributed by atoms with van der Waals surface area (Å²) < 4.78 is 1.70. The van der Waals surface area contributed by atoms with Gasteiger partial charge in [-0.15, -0.1) is 0 Å². The van der Waals surface area contributed by atoms with Gasteiger partial charge in [-0.2, -0.15) is 5.10 Å². The van der Waals surface area contributed by atoms with Crippen LogP contribution in [0.1, 0.15) is 49.2 Å². The first kappa shape index (κ1) is 13.9. The highest BCUT2D eigenvalue weighted by Crippen LogP contribution is 2.36. The normalized spacial score (nSPS) is 18.6. The lowest BCUT2D eigenvalue weighted by Gasteiger charge is -2.40. The number of nitrogens with zero attached hydrogens (tertiary/aromatic N) is 3. The fourth-order valence-electron chi connectivity index (χ4n) is 2.87. The molecular formula is C14H23N3O2. The number of aryl methyl sites for hydroxylation is 2. The molecule has 1 aromatic heterocycles. The molecule has 1 saturated heterocycles. The van der Waals surface area contributed by atoms with E-state index in [0.717, 1.165) is 31.7 Å². The third-order valence-electron chi connectivity index (χ3n) is 4.53. The quantitative estimate of drug-likeness (QED) is 0.912. The zero-order valence-corrected chi connectivity index (χ0v) is 12.2. The summed E-state index contributed by atoms with van der Waals surface area (Å²) in [6.45, 7) is 8.11. The second-order valence-corrected chi connectivity index (χ2v) is 5.86. The number of carboxylic acid groups (broad SMARTS) is 1. The summed E-state index contributed by atoms with van der Waals surface area (Å²) >= 11 is 0. The second kappa shape index (κ2) is 4.87. The van der Waals surface area contributed by atoms with Crippen molar-refractivity contribution in [2.75, 3.05) is 18.0 Å². The predicted molar refractivity (Wildman–Crippen MR) is 74.7 cm³/mol. The Bertz CT molecular complexity index is 485. The van der Waals surface area contributed by atoms with Crippen LogP contribution in [0.25, 0.3) is 0 Å². The first-order chi connectivity index (χ1) is 8.88. The molecule has 0 radical (unpaired) electrons. The van der Waals surface area contributed by atoms with Crippen molar-refractivity contribution in [3.63, 3.8) is 0 Å². The van der Waals surface area contributed by atoms with E-state index in [1.807, 2.05) is 7.05 Å². The first-order valence-electron chi connectivity index (χ1n) is 6.90. The van der Waals surface area contributed by atoms with E-state index in [9.17, 15) is 9.90 Å². The van der Waals surface area contributed by atoms with Crippen LogP contribution in [0.15, 0.2) is 0 Å². The van der Waals surface area contributed by atoms with E-state index in [0.29, 0.717) is 16.7 Å². The molecule has 5 heteroatoms. The van der Waals surface area contributed by atoms with Crippen LogP contribution in [-0.4, -0.2) is 33.9 Å². The Balaban J connectivity index is 2.27. The Kier molecular flexibility index (Phi) is 3.56. The minimum absolute atomic E-state index is 0.350. The number of hydrogen-bond acceptors (Lipinski definition) is 3. The van der Waals surface area contributed by atoms with Gasteiger partial charge in [0, 0.05) is 20.1 Å². The van der Waals surface area contributed by atoms with E-state index in [1.165, 1.54) is 6.42 Å². The molecule has 0 bridgehead atoms. The minimum atomic E-state index is -0.885. The van der Waals surface area contributed by atoms with E-state index < -0.39 is 5.97 Å². The molecule has 1 aliphatic heterocycles. The highest BCUT2D eigenvalue weighted by atomic mass is 16.4. The molecule has 19 heavy (non-hydrogen) atoms. The maximum Gasteiger partial charge on any atom is 0.341 e. The summed E-state index contributed by atoms with van der Waals surface area (Å²) in [5.41, 5.74) is 1.34. The Labute approximate surface area is 114 Å². The molecule has 1 aromatic rings. The number of aromatic carboxylic acids is 1. The molecule has 0 aromatic carbocycles. The van der Waals surface area contributed by atoms with Crippen molar-refractivity contribution in [3.05, 3.63) is 11.3 Å². The number of anilines is 1. The molecular weight excluding hydrogens is 242 g/mol. The van der Waals surface area contributed by atoms with Gasteiger partial charge in [0.1, 0.15) is 11.4 Å². The molecule has 0 atom stereocenters. The molecule has 0 unspecified atom stereocenters. The highest BCUT2D eigenvalue weighted by Gasteiger charge is 2.32. The fraction of sp³-hybridized carbons (Fsp3) is 0.714. The van der Waals surface area contributed by atoms with Gasteiger partial charge in [0.2, 0.25) is 0 Å². The van der Waals surface area contributed by atoms with Crippen LogP contribution >= 0.6 is 0 Å². The van der Waals surface area contributed by atoms with Crippen LogP contribution in [0, 0.1) is 12.3 Å². The third-order valence-corrected chi connectivity index (χ3v) is 4.53.